The highest BCUT2D eigenvalue weighted by Gasteiger charge is 2.28. The van der Waals surface area contributed by atoms with Crippen molar-refractivity contribution < 1.29 is 13.5 Å². The zero-order chi connectivity index (χ0) is 14.3. The maximum atomic E-state index is 13.1. The minimum atomic E-state index is -0.868. The lowest BCUT2D eigenvalue weighted by Crippen LogP contribution is -2.30. The van der Waals surface area contributed by atoms with Crippen molar-refractivity contribution >= 4 is 15.9 Å². The summed E-state index contributed by atoms with van der Waals surface area (Å²) < 4.78 is 31.6. The van der Waals surface area contributed by atoms with Crippen LogP contribution in [0.25, 0.3) is 0 Å². The average Bonchev–Trinajstić information content (AvgIpc) is 2.40. The first-order valence-electron chi connectivity index (χ1n) is 6.70. The summed E-state index contributed by atoms with van der Waals surface area (Å²) in [5.41, 5.74) is 0.0639. The van der Waals surface area contributed by atoms with Gasteiger partial charge in [-0.05, 0) is 25.0 Å². The summed E-state index contributed by atoms with van der Waals surface area (Å²) in [4.78, 5) is 0. The molecule has 19 heavy (non-hydrogen) atoms. The minimum absolute atomic E-state index is 0.0639. The summed E-state index contributed by atoms with van der Waals surface area (Å²) in [5.74, 6) is -1.33. The van der Waals surface area contributed by atoms with Crippen LogP contribution in [0, 0.1) is 17.0 Å². The maximum Gasteiger partial charge on any atom is 0.162 e. The molecule has 0 saturated heterocycles. The van der Waals surface area contributed by atoms with Crippen LogP contribution < -0.4 is 4.74 Å². The summed E-state index contributed by atoms with van der Waals surface area (Å²) in [6, 6.07) is 3.67. The van der Waals surface area contributed by atoms with Gasteiger partial charge in [-0.3, -0.25) is 0 Å². The highest BCUT2D eigenvalue weighted by Crippen LogP contribution is 2.33. The van der Waals surface area contributed by atoms with Crippen LogP contribution >= 0.6 is 15.9 Å². The molecule has 4 heteroatoms. The molecule has 0 spiro atoms. The Hall–Kier alpha value is -0.640. The van der Waals surface area contributed by atoms with Gasteiger partial charge in [-0.2, -0.15) is 0 Å². The summed E-state index contributed by atoms with van der Waals surface area (Å²) in [6.45, 7) is 4.81. The van der Waals surface area contributed by atoms with Crippen molar-refractivity contribution in [3.63, 3.8) is 0 Å². The monoisotopic (exact) mass is 334 g/mol. The van der Waals surface area contributed by atoms with E-state index in [0.717, 1.165) is 43.1 Å². The Kier molecular flexibility index (Phi) is 6.76. The fourth-order valence-electron chi connectivity index (χ4n) is 2.31. The van der Waals surface area contributed by atoms with E-state index in [1.807, 2.05) is 0 Å². The van der Waals surface area contributed by atoms with Gasteiger partial charge in [0.15, 0.2) is 11.6 Å². The molecule has 1 nitrogen and oxygen atoms in total. The molecular weight excluding hydrogens is 314 g/mol. The van der Waals surface area contributed by atoms with Crippen molar-refractivity contribution in [2.45, 2.75) is 39.5 Å². The first-order valence-corrected chi connectivity index (χ1v) is 7.83. The molecule has 0 atom stereocenters. The van der Waals surface area contributed by atoms with Crippen LogP contribution in [0.1, 0.15) is 39.5 Å². The molecule has 0 aliphatic rings. The third-order valence-electron chi connectivity index (χ3n) is 3.28. The van der Waals surface area contributed by atoms with Gasteiger partial charge in [-0.1, -0.05) is 42.6 Å². The van der Waals surface area contributed by atoms with E-state index in [1.165, 1.54) is 6.07 Å². The number of alkyl halides is 1. The second-order valence-electron chi connectivity index (χ2n) is 5.00. The van der Waals surface area contributed by atoms with Crippen molar-refractivity contribution in [1.82, 2.24) is 0 Å². The minimum Gasteiger partial charge on any atom is -0.493 e. The number of hydrogen-bond acceptors (Lipinski definition) is 1. The van der Waals surface area contributed by atoms with Gasteiger partial charge >= 0.3 is 0 Å². The maximum absolute atomic E-state index is 13.1. The van der Waals surface area contributed by atoms with E-state index in [-0.39, 0.29) is 5.41 Å². The Bertz CT molecular complexity index is 390. The highest BCUT2D eigenvalue weighted by molar-refractivity contribution is 9.09. The molecule has 1 aromatic rings. The van der Waals surface area contributed by atoms with Crippen molar-refractivity contribution in [2.75, 3.05) is 11.9 Å². The van der Waals surface area contributed by atoms with E-state index < -0.39 is 11.6 Å². The topological polar surface area (TPSA) is 9.23 Å². The molecule has 0 N–H and O–H groups in total. The fraction of sp³-hybridized carbons (Fsp3) is 0.600. The molecule has 1 rings (SSSR count). The van der Waals surface area contributed by atoms with E-state index in [1.54, 1.807) is 0 Å². The van der Waals surface area contributed by atoms with Gasteiger partial charge < -0.3 is 4.74 Å². The standard InChI is InChI=1S/C15H21BrF2O/c1-3-7-15(10-16,8-4-2)11-19-12-5-6-13(17)14(18)9-12/h5-6,9H,3-4,7-8,10-11H2,1-2H3. The molecule has 0 aliphatic carbocycles. The lowest BCUT2D eigenvalue weighted by molar-refractivity contribution is 0.144. The SMILES string of the molecule is CCCC(CBr)(CCC)COc1ccc(F)c(F)c1. The van der Waals surface area contributed by atoms with Crippen LogP contribution in [0.2, 0.25) is 0 Å². The normalized spacial score (nSPS) is 11.6. The van der Waals surface area contributed by atoms with Crippen LogP contribution in [0.4, 0.5) is 8.78 Å². The summed E-state index contributed by atoms with van der Waals surface area (Å²) in [7, 11) is 0. The summed E-state index contributed by atoms with van der Waals surface area (Å²) >= 11 is 3.56. The lowest BCUT2D eigenvalue weighted by Gasteiger charge is -2.31. The lowest BCUT2D eigenvalue weighted by atomic mass is 9.82. The van der Waals surface area contributed by atoms with Gasteiger partial charge in [0.1, 0.15) is 5.75 Å². The number of halogens is 3. The van der Waals surface area contributed by atoms with Gasteiger partial charge in [0.05, 0.1) is 6.61 Å². The molecule has 0 heterocycles. The van der Waals surface area contributed by atoms with Crippen molar-refractivity contribution in [2.24, 2.45) is 5.41 Å². The van der Waals surface area contributed by atoms with Gasteiger partial charge in [0.2, 0.25) is 0 Å². The molecule has 108 valence electrons. The van der Waals surface area contributed by atoms with E-state index in [9.17, 15) is 8.78 Å². The summed E-state index contributed by atoms with van der Waals surface area (Å²) in [6.07, 6.45) is 4.25. The zero-order valence-electron chi connectivity index (χ0n) is 11.5. The third-order valence-corrected chi connectivity index (χ3v) is 4.47. The fourth-order valence-corrected chi connectivity index (χ4v) is 3.03. The van der Waals surface area contributed by atoms with Crippen LogP contribution in [-0.2, 0) is 0 Å². The molecular formula is C15H21BrF2O. The molecule has 0 unspecified atom stereocenters. The van der Waals surface area contributed by atoms with Crippen molar-refractivity contribution in [1.29, 1.82) is 0 Å². The first-order chi connectivity index (χ1) is 9.06. The summed E-state index contributed by atoms with van der Waals surface area (Å²) in [5, 5.41) is 0.853. The van der Waals surface area contributed by atoms with Gasteiger partial charge in [0, 0.05) is 16.8 Å². The quantitative estimate of drug-likeness (QED) is 0.584. The van der Waals surface area contributed by atoms with E-state index >= 15 is 0 Å². The Balaban J connectivity index is 2.71. The van der Waals surface area contributed by atoms with Crippen LogP contribution in [0.15, 0.2) is 18.2 Å². The Labute approximate surface area is 122 Å². The molecule has 0 fully saturated rings. The van der Waals surface area contributed by atoms with E-state index in [0.29, 0.717) is 12.4 Å². The Morgan fingerprint density at radius 1 is 1.11 bits per heavy atom. The second-order valence-corrected chi connectivity index (χ2v) is 5.56. The number of benzene rings is 1. The van der Waals surface area contributed by atoms with E-state index in [2.05, 4.69) is 29.8 Å². The smallest absolute Gasteiger partial charge is 0.162 e. The zero-order valence-corrected chi connectivity index (χ0v) is 13.1. The van der Waals surface area contributed by atoms with Crippen LogP contribution in [-0.4, -0.2) is 11.9 Å². The number of ether oxygens (including phenoxy) is 1. The van der Waals surface area contributed by atoms with Gasteiger partial charge in [-0.25, -0.2) is 8.78 Å². The highest BCUT2D eigenvalue weighted by atomic mass is 79.9. The molecule has 0 amide bonds. The Morgan fingerprint density at radius 3 is 2.21 bits per heavy atom. The largest absolute Gasteiger partial charge is 0.493 e. The van der Waals surface area contributed by atoms with Crippen molar-refractivity contribution in [3.05, 3.63) is 29.8 Å². The van der Waals surface area contributed by atoms with Crippen LogP contribution in [0.5, 0.6) is 5.75 Å². The first kappa shape index (κ1) is 16.4. The molecule has 0 radical (unpaired) electrons. The molecule has 0 aromatic heterocycles. The second kappa shape index (κ2) is 7.83. The van der Waals surface area contributed by atoms with Crippen LogP contribution in [0.3, 0.4) is 0 Å². The number of hydrogen-bond donors (Lipinski definition) is 0. The molecule has 0 aliphatic heterocycles. The molecule has 1 aromatic carbocycles. The predicted molar refractivity (Wildman–Crippen MR) is 77.9 cm³/mol. The van der Waals surface area contributed by atoms with Gasteiger partial charge in [-0.15, -0.1) is 0 Å². The van der Waals surface area contributed by atoms with Gasteiger partial charge in [0.25, 0.3) is 0 Å². The number of rotatable bonds is 8. The third kappa shape index (κ3) is 4.75. The van der Waals surface area contributed by atoms with Crippen molar-refractivity contribution in [3.8, 4) is 5.75 Å². The molecule has 0 saturated carbocycles. The molecule has 0 bridgehead atoms. The predicted octanol–water partition coefficient (Wildman–Crippen LogP) is 5.33. The van der Waals surface area contributed by atoms with E-state index in [4.69, 9.17) is 4.74 Å². The average molecular weight is 335 g/mol. The Morgan fingerprint density at radius 2 is 1.74 bits per heavy atom.